The highest BCUT2D eigenvalue weighted by Gasteiger charge is 2.11. The lowest BCUT2D eigenvalue weighted by molar-refractivity contribution is 0.355. The van der Waals surface area contributed by atoms with Gasteiger partial charge in [0.05, 0.1) is 26.5 Å². The summed E-state index contributed by atoms with van der Waals surface area (Å²) in [6, 6.07) is 7.67. The van der Waals surface area contributed by atoms with Gasteiger partial charge >= 0.3 is 0 Å². The van der Waals surface area contributed by atoms with Crippen molar-refractivity contribution in [1.82, 2.24) is 19.7 Å². The molecule has 0 aliphatic carbocycles. The highest BCUT2D eigenvalue weighted by atomic mass is 32.1. The zero-order valence-electron chi connectivity index (χ0n) is 12.6. The van der Waals surface area contributed by atoms with E-state index in [0.29, 0.717) is 18.0 Å². The summed E-state index contributed by atoms with van der Waals surface area (Å²) < 4.78 is 12.2. The van der Waals surface area contributed by atoms with E-state index in [0.717, 1.165) is 16.3 Å². The largest absolute Gasteiger partial charge is 0.493 e. The van der Waals surface area contributed by atoms with Crippen molar-refractivity contribution in [3.8, 4) is 28.1 Å². The molecule has 0 aliphatic rings. The number of ether oxygens (including phenoxy) is 2. The standard InChI is InChI=1S/C15H13N5O2S/c1-21-12-4-3-10(5-13(12)22-2)15-18-11(8-23-15)7-20-9-17-19-14(20)6-16/h3-5,8-9H,7H2,1-2H3. The lowest BCUT2D eigenvalue weighted by Crippen LogP contribution is -2.01. The fourth-order valence-corrected chi connectivity index (χ4v) is 2.92. The molecule has 0 spiro atoms. The predicted octanol–water partition coefficient (Wildman–Crippen LogP) is 2.34. The van der Waals surface area contributed by atoms with Crippen molar-refractivity contribution < 1.29 is 9.47 Å². The van der Waals surface area contributed by atoms with Crippen molar-refractivity contribution in [3.05, 3.63) is 41.4 Å². The normalized spacial score (nSPS) is 10.3. The summed E-state index contributed by atoms with van der Waals surface area (Å²) in [6.07, 6.45) is 1.52. The minimum Gasteiger partial charge on any atom is -0.493 e. The predicted molar refractivity (Wildman–Crippen MR) is 84.5 cm³/mol. The fourth-order valence-electron chi connectivity index (χ4n) is 2.11. The minimum atomic E-state index is 0.269. The van der Waals surface area contributed by atoms with E-state index in [1.165, 1.54) is 17.7 Å². The molecule has 0 aliphatic heterocycles. The molecule has 0 unspecified atom stereocenters. The van der Waals surface area contributed by atoms with Crippen LogP contribution in [0.2, 0.25) is 0 Å². The summed E-state index contributed by atoms with van der Waals surface area (Å²) in [5, 5.41) is 19.2. The summed E-state index contributed by atoms with van der Waals surface area (Å²) in [5.74, 6) is 1.61. The molecular weight excluding hydrogens is 314 g/mol. The van der Waals surface area contributed by atoms with Crippen LogP contribution in [0.15, 0.2) is 29.9 Å². The van der Waals surface area contributed by atoms with Crippen molar-refractivity contribution in [2.45, 2.75) is 6.54 Å². The van der Waals surface area contributed by atoms with Crippen molar-refractivity contribution in [2.24, 2.45) is 0 Å². The first kappa shape index (κ1) is 15.0. The monoisotopic (exact) mass is 327 g/mol. The highest BCUT2D eigenvalue weighted by Crippen LogP contribution is 2.33. The summed E-state index contributed by atoms with van der Waals surface area (Å²) in [7, 11) is 3.20. The quantitative estimate of drug-likeness (QED) is 0.715. The van der Waals surface area contributed by atoms with E-state index in [1.807, 2.05) is 29.6 Å². The molecule has 0 N–H and O–H groups in total. The Morgan fingerprint density at radius 3 is 2.83 bits per heavy atom. The molecule has 0 saturated carbocycles. The van der Waals surface area contributed by atoms with Crippen molar-refractivity contribution >= 4 is 11.3 Å². The molecule has 3 rings (SSSR count). The Morgan fingerprint density at radius 1 is 1.26 bits per heavy atom. The van der Waals surface area contributed by atoms with Gasteiger partial charge in [-0.05, 0) is 18.2 Å². The third-order valence-corrected chi connectivity index (χ3v) is 4.17. The Kier molecular flexibility index (Phi) is 4.21. The van der Waals surface area contributed by atoms with Crippen molar-refractivity contribution in [2.75, 3.05) is 14.2 Å². The molecule has 0 fully saturated rings. The summed E-state index contributed by atoms with van der Waals surface area (Å²) in [5.41, 5.74) is 1.79. The second-order valence-electron chi connectivity index (χ2n) is 4.61. The van der Waals surface area contributed by atoms with Crippen LogP contribution < -0.4 is 9.47 Å². The third-order valence-electron chi connectivity index (χ3n) is 3.23. The summed E-state index contributed by atoms with van der Waals surface area (Å²) in [6.45, 7) is 0.458. The molecule has 0 radical (unpaired) electrons. The van der Waals surface area contributed by atoms with Gasteiger partial charge in [0.25, 0.3) is 0 Å². The Morgan fingerprint density at radius 2 is 2.09 bits per heavy atom. The van der Waals surface area contributed by atoms with Crippen LogP contribution in [0.1, 0.15) is 11.5 Å². The van der Waals surface area contributed by atoms with Crippen LogP contribution in [0.4, 0.5) is 0 Å². The lowest BCUT2D eigenvalue weighted by Gasteiger charge is -2.08. The SMILES string of the molecule is COc1ccc(-c2nc(Cn3cnnc3C#N)cs2)cc1OC. The molecule has 3 aromatic rings. The molecule has 8 heteroatoms. The maximum Gasteiger partial charge on any atom is 0.235 e. The highest BCUT2D eigenvalue weighted by molar-refractivity contribution is 7.13. The average molecular weight is 327 g/mol. The zero-order valence-corrected chi connectivity index (χ0v) is 13.4. The second-order valence-corrected chi connectivity index (χ2v) is 5.47. The average Bonchev–Trinajstić information content (AvgIpc) is 3.23. The van der Waals surface area contributed by atoms with Gasteiger partial charge in [0.15, 0.2) is 11.5 Å². The van der Waals surface area contributed by atoms with E-state index in [9.17, 15) is 0 Å². The van der Waals surface area contributed by atoms with Gasteiger partial charge in [0.1, 0.15) is 17.4 Å². The maximum atomic E-state index is 8.96. The zero-order chi connectivity index (χ0) is 16.2. The molecule has 0 saturated heterocycles. The number of thiazole rings is 1. The van der Waals surface area contributed by atoms with E-state index in [1.54, 1.807) is 18.8 Å². The minimum absolute atomic E-state index is 0.269. The van der Waals surface area contributed by atoms with Crippen LogP contribution in [-0.2, 0) is 6.54 Å². The first-order valence-corrected chi connectivity index (χ1v) is 7.58. The number of benzene rings is 1. The van der Waals surface area contributed by atoms with Gasteiger partial charge < -0.3 is 9.47 Å². The van der Waals surface area contributed by atoms with Gasteiger partial charge in [-0.15, -0.1) is 21.5 Å². The first-order chi connectivity index (χ1) is 11.2. The van der Waals surface area contributed by atoms with E-state index in [-0.39, 0.29) is 5.82 Å². The van der Waals surface area contributed by atoms with Crippen molar-refractivity contribution in [3.63, 3.8) is 0 Å². The number of nitriles is 1. The topological polar surface area (TPSA) is 85.9 Å². The molecule has 0 atom stereocenters. The first-order valence-electron chi connectivity index (χ1n) is 6.70. The number of hydrogen-bond donors (Lipinski definition) is 0. The smallest absolute Gasteiger partial charge is 0.235 e. The van der Waals surface area contributed by atoms with E-state index in [4.69, 9.17) is 14.7 Å². The van der Waals surface area contributed by atoms with Crippen LogP contribution in [0.25, 0.3) is 10.6 Å². The van der Waals surface area contributed by atoms with Crippen LogP contribution >= 0.6 is 11.3 Å². The molecule has 116 valence electrons. The molecule has 2 aromatic heterocycles. The van der Waals surface area contributed by atoms with Crippen LogP contribution in [0.5, 0.6) is 11.5 Å². The third kappa shape index (κ3) is 3.00. The molecule has 0 bridgehead atoms. The van der Waals surface area contributed by atoms with Crippen molar-refractivity contribution in [1.29, 1.82) is 5.26 Å². The number of methoxy groups -OCH3 is 2. The number of aromatic nitrogens is 4. The van der Waals surface area contributed by atoms with Gasteiger partial charge in [-0.2, -0.15) is 5.26 Å². The Bertz CT molecular complexity index is 865. The molecule has 1 aromatic carbocycles. The Hall–Kier alpha value is -2.92. The van der Waals surface area contributed by atoms with Crippen LogP contribution in [-0.4, -0.2) is 34.0 Å². The molecule has 7 nitrogen and oxygen atoms in total. The van der Waals surface area contributed by atoms with Crippen LogP contribution in [0, 0.1) is 11.3 Å². The van der Waals surface area contributed by atoms with E-state index in [2.05, 4.69) is 15.2 Å². The van der Waals surface area contributed by atoms with Gasteiger partial charge in [-0.25, -0.2) is 4.98 Å². The van der Waals surface area contributed by atoms with E-state index < -0.39 is 0 Å². The lowest BCUT2D eigenvalue weighted by atomic mass is 10.2. The number of nitrogens with zero attached hydrogens (tertiary/aromatic N) is 5. The molecule has 23 heavy (non-hydrogen) atoms. The molecule has 0 amide bonds. The van der Waals surface area contributed by atoms with Gasteiger partial charge in [0.2, 0.25) is 5.82 Å². The van der Waals surface area contributed by atoms with Gasteiger partial charge in [-0.1, -0.05) is 0 Å². The summed E-state index contributed by atoms with van der Waals surface area (Å²) >= 11 is 1.53. The fraction of sp³-hybridized carbons (Fsp3) is 0.200. The number of rotatable bonds is 5. The Labute approximate surface area is 136 Å². The Balaban J connectivity index is 1.86. The molecule has 2 heterocycles. The van der Waals surface area contributed by atoms with Gasteiger partial charge in [0, 0.05) is 10.9 Å². The summed E-state index contributed by atoms with van der Waals surface area (Å²) in [4.78, 5) is 4.60. The second kappa shape index (κ2) is 6.46. The maximum absolute atomic E-state index is 8.96. The molecular formula is C15H13N5O2S. The van der Waals surface area contributed by atoms with Gasteiger partial charge in [-0.3, -0.25) is 4.57 Å². The number of hydrogen-bond acceptors (Lipinski definition) is 7. The van der Waals surface area contributed by atoms with E-state index >= 15 is 0 Å². The van der Waals surface area contributed by atoms with Crippen LogP contribution in [0.3, 0.4) is 0 Å².